The summed E-state index contributed by atoms with van der Waals surface area (Å²) < 4.78 is 5.62. The van der Waals surface area contributed by atoms with Crippen LogP contribution in [0.2, 0.25) is 19.6 Å². The van der Waals surface area contributed by atoms with E-state index in [0.717, 1.165) is 30.6 Å². The average Bonchev–Trinajstić information content (AvgIpc) is 2.44. The van der Waals surface area contributed by atoms with Crippen LogP contribution in [0, 0.1) is 0 Å². The van der Waals surface area contributed by atoms with E-state index in [9.17, 15) is 4.79 Å². The molecule has 0 fully saturated rings. The van der Waals surface area contributed by atoms with Crippen molar-refractivity contribution in [1.29, 1.82) is 0 Å². The Labute approximate surface area is 127 Å². The van der Waals surface area contributed by atoms with Gasteiger partial charge < -0.3 is 4.42 Å². The lowest BCUT2D eigenvalue weighted by atomic mass is 10.1. The van der Waals surface area contributed by atoms with Gasteiger partial charge in [-0.05, 0) is 23.6 Å². The Morgan fingerprint density at radius 1 is 1.10 bits per heavy atom. The van der Waals surface area contributed by atoms with Crippen molar-refractivity contribution in [1.82, 2.24) is 0 Å². The van der Waals surface area contributed by atoms with E-state index < -0.39 is 8.07 Å². The van der Waals surface area contributed by atoms with E-state index >= 15 is 0 Å². The molecule has 0 atom stereocenters. The minimum absolute atomic E-state index is 0.234. The van der Waals surface area contributed by atoms with E-state index in [2.05, 4.69) is 26.6 Å². The molecule has 0 radical (unpaired) electrons. The third-order valence-corrected chi connectivity index (χ3v) is 5.68. The first-order chi connectivity index (χ1) is 9.93. The predicted octanol–water partition coefficient (Wildman–Crippen LogP) is 4.19. The van der Waals surface area contributed by atoms with Crippen molar-refractivity contribution in [2.45, 2.75) is 45.8 Å². The molecule has 0 bridgehead atoms. The highest BCUT2D eigenvalue weighted by Crippen LogP contribution is 2.21. The van der Waals surface area contributed by atoms with Crippen molar-refractivity contribution >= 4 is 13.3 Å². The molecule has 0 saturated heterocycles. The Balaban J connectivity index is 2.68. The van der Waals surface area contributed by atoms with Crippen LogP contribution in [0.15, 0.2) is 45.6 Å². The predicted molar refractivity (Wildman–Crippen MR) is 92.0 cm³/mol. The molecule has 0 saturated carbocycles. The van der Waals surface area contributed by atoms with Crippen LogP contribution in [-0.2, 0) is 6.42 Å². The summed E-state index contributed by atoms with van der Waals surface area (Å²) in [4.78, 5) is 12.0. The van der Waals surface area contributed by atoms with Gasteiger partial charge in [-0.25, -0.2) is 4.79 Å². The van der Waals surface area contributed by atoms with Gasteiger partial charge in [0.15, 0.2) is 0 Å². The summed E-state index contributed by atoms with van der Waals surface area (Å²) in [5.41, 5.74) is 1.96. The molecule has 0 amide bonds. The maximum Gasteiger partial charge on any atom is 0.336 e. The fourth-order valence-electron chi connectivity index (χ4n) is 2.72. The van der Waals surface area contributed by atoms with E-state index in [4.69, 9.17) is 4.42 Å². The average molecular weight is 300 g/mol. The molecule has 1 heterocycles. The van der Waals surface area contributed by atoms with Gasteiger partial charge in [0.05, 0.1) is 8.07 Å². The van der Waals surface area contributed by atoms with Gasteiger partial charge in [0.1, 0.15) is 5.76 Å². The van der Waals surface area contributed by atoms with Crippen LogP contribution >= 0.6 is 0 Å². The van der Waals surface area contributed by atoms with Crippen molar-refractivity contribution in [3.63, 3.8) is 0 Å². The number of benzene rings is 1. The molecule has 1 aromatic heterocycles. The lowest BCUT2D eigenvalue weighted by Crippen LogP contribution is -2.42. The molecular weight excluding hydrogens is 276 g/mol. The summed E-state index contributed by atoms with van der Waals surface area (Å²) in [7, 11) is -1.61. The van der Waals surface area contributed by atoms with Crippen LogP contribution in [0.1, 0.15) is 25.3 Å². The Hall–Kier alpha value is -1.61. The number of rotatable bonds is 5. The minimum atomic E-state index is -1.61. The van der Waals surface area contributed by atoms with Gasteiger partial charge in [0.25, 0.3) is 0 Å². The number of unbranched alkanes of at least 4 members (excludes halogenated alkanes) is 1. The van der Waals surface area contributed by atoms with Crippen molar-refractivity contribution in [3.8, 4) is 11.3 Å². The summed E-state index contributed by atoms with van der Waals surface area (Å²) in [5, 5.41) is 1.29. The van der Waals surface area contributed by atoms with Crippen LogP contribution in [-0.4, -0.2) is 8.07 Å². The maximum absolute atomic E-state index is 12.0. The van der Waals surface area contributed by atoms with Crippen molar-refractivity contribution < 1.29 is 4.42 Å². The largest absolute Gasteiger partial charge is 0.423 e. The number of aryl methyl sites for hydroxylation is 1. The van der Waals surface area contributed by atoms with Crippen LogP contribution in [0.25, 0.3) is 11.3 Å². The summed E-state index contributed by atoms with van der Waals surface area (Å²) in [5.74, 6) is 0.786. The summed E-state index contributed by atoms with van der Waals surface area (Å²) in [6.07, 6.45) is 3.20. The Morgan fingerprint density at radius 3 is 2.33 bits per heavy atom. The number of hydrogen-bond donors (Lipinski definition) is 0. The molecule has 0 aliphatic heterocycles. The summed E-state index contributed by atoms with van der Waals surface area (Å²) in [6, 6.07) is 11.7. The minimum Gasteiger partial charge on any atom is -0.423 e. The van der Waals surface area contributed by atoms with E-state index in [0.29, 0.717) is 0 Å². The molecule has 0 spiro atoms. The third-order valence-electron chi connectivity index (χ3n) is 3.63. The Bertz CT molecular complexity index is 651. The lowest BCUT2D eigenvalue weighted by Gasteiger charge is -2.23. The molecule has 1 aromatic carbocycles. The molecule has 2 aromatic rings. The summed E-state index contributed by atoms with van der Waals surface area (Å²) in [6.45, 7) is 9.11. The summed E-state index contributed by atoms with van der Waals surface area (Å²) >= 11 is 0. The van der Waals surface area contributed by atoms with E-state index in [1.54, 1.807) is 6.07 Å². The van der Waals surface area contributed by atoms with Gasteiger partial charge in [0, 0.05) is 11.6 Å². The fourth-order valence-corrected chi connectivity index (χ4v) is 4.76. The monoisotopic (exact) mass is 300 g/mol. The molecule has 2 nitrogen and oxygen atoms in total. The molecule has 0 aliphatic carbocycles. The normalized spacial score (nSPS) is 11.6. The van der Waals surface area contributed by atoms with Gasteiger partial charge in [-0.2, -0.15) is 0 Å². The van der Waals surface area contributed by atoms with Gasteiger partial charge in [0.2, 0.25) is 0 Å². The second-order valence-corrected chi connectivity index (χ2v) is 11.5. The quantitative estimate of drug-likeness (QED) is 0.775. The highest BCUT2D eigenvalue weighted by Gasteiger charge is 2.26. The van der Waals surface area contributed by atoms with Crippen LogP contribution in [0.4, 0.5) is 0 Å². The second-order valence-electron chi connectivity index (χ2n) is 6.51. The zero-order chi connectivity index (χ0) is 15.5. The van der Waals surface area contributed by atoms with Crippen LogP contribution in [0.5, 0.6) is 0 Å². The van der Waals surface area contributed by atoms with E-state index in [1.807, 2.05) is 30.3 Å². The van der Waals surface area contributed by atoms with Crippen molar-refractivity contribution in [3.05, 3.63) is 52.4 Å². The number of hydrogen-bond acceptors (Lipinski definition) is 2. The van der Waals surface area contributed by atoms with Gasteiger partial charge >= 0.3 is 5.63 Å². The molecule has 21 heavy (non-hydrogen) atoms. The van der Waals surface area contributed by atoms with Crippen LogP contribution < -0.4 is 10.8 Å². The maximum atomic E-state index is 12.0. The highest BCUT2D eigenvalue weighted by molar-refractivity contribution is 6.89. The molecule has 0 N–H and O–H groups in total. The molecule has 3 heteroatoms. The zero-order valence-electron chi connectivity index (χ0n) is 13.4. The molecule has 0 aliphatic rings. The molecular formula is C18H24O2Si. The fraction of sp³-hybridized carbons (Fsp3) is 0.389. The smallest absolute Gasteiger partial charge is 0.336 e. The first kappa shape index (κ1) is 15.8. The zero-order valence-corrected chi connectivity index (χ0v) is 14.4. The third kappa shape index (κ3) is 3.73. The topological polar surface area (TPSA) is 30.2 Å². The molecule has 2 rings (SSSR count). The van der Waals surface area contributed by atoms with Gasteiger partial charge in [-0.15, -0.1) is 0 Å². The van der Waals surface area contributed by atoms with Crippen LogP contribution in [0.3, 0.4) is 0 Å². The van der Waals surface area contributed by atoms with E-state index in [1.165, 1.54) is 10.8 Å². The van der Waals surface area contributed by atoms with E-state index in [-0.39, 0.29) is 5.63 Å². The van der Waals surface area contributed by atoms with Crippen molar-refractivity contribution in [2.24, 2.45) is 0 Å². The first-order valence-electron chi connectivity index (χ1n) is 7.66. The Morgan fingerprint density at radius 2 is 1.76 bits per heavy atom. The first-order valence-corrected chi connectivity index (χ1v) is 11.2. The van der Waals surface area contributed by atoms with Gasteiger partial charge in [-0.1, -0.05) is 63.3 Å². The molecule has 0 unspecified atom stereocenters. The SMILES string of the molecule is CCCCc1cc(=O)oc(-c2ccccc2)c1[Si](C)(C)C. The lowest BCUT2D eigenvalue weighted by molar-refractivity contribution is 0.526. The van der Waals surface area contributed by atoms with Gasteiger partial charge in [-0.3, -0.25) is 0 Å². The second kappa shape index (κ2) is 6.44. The highest BCUT2D eigenvalue weighted by atomic mass is 28.3. The Kier molecular flexibility index (Phi) is 4.83. The van der Waals surface area contributed by atoms with Crippen molar-refractivity contribution in [2.75, 3.05) is 0 Å². The standard InChI is InChI=1S/C18H24O2Si/c1-5-6-10-15-13-16(19)20-17(18(15)21(2,3)4)14-11-8-7-9-12-14/h7-9,11-13H,5-6,10H2,1-4H3. The molecule has 112 valence electrons.